The van der Waals surface area contributed by atoms with Crippen LogP contribution >= 0.6 is 0 Å². The summed E-state index contributed by atoms with van der Waals surface area (Å²) in [6.07, 6.45) is 3.88. The molecule has 0 aliphatic carbocycles. The Labute approximate surface area is 163 Å². The van der Waals surface area contributed by atoms with Crippen molar-refractivity contribution in [1.29, 1.82) is 0 Å². The Bertz CT molecular complexity index is 1160. The standard InChI is InChI=1S/C23H24N4O/c1-2-22(27-21-10-6-5-9-19(21)25-23(27)28)26-13-11-16(12-14-26)20-15-17-7-3-4-8-18(17)24-20/h2-10,15-16,22,24H,1,11-14H2,(H,25,28). The number of hydrogen-bond donors (Lipinski definition) is 2. The quantitative estimate of drug-likeness (QED) is 0.523. The second kappa shape index (κ2) is 6.84. The van der Waals surface area contributed by atoms with Gasteiger partial charge in [-0.05, 0) is 42.5 Å². The lowest BCUT2D eigenvalue weighted by molar-refractivity contribution is 0.137. The van der Waals surface area contributed by atoms with Gasteiger partial charge >= 0.3 is 5.69 Å². The summed E-state index contributed by atoms with van der Waals surface area (Å²) < 4.78 is 1.82. The van der Waals surface area contributed by atoms with Gasteiger partial charge in [-0.3, -0.25) is 9.47 Å². The Morgan fingerprint density at radius 1 is 1.00 bits per heavy atom. The lowest BCUT2D eigenvalue weighted by Gasteiger charge is -2.36. The molecule has 1 saturated heterocycles. The molecular formula is C23H24N4O. The number of likely N-dealkylation sites (tertiary alicyclic amines) is 1. The molecule has 0 saturated carbocycles. The number of para-hydroxylation sites is 3. The molecule has 2 N–H and O–H groups in total. The van der Waals surface area contributed by atoms with E-state index in [2.05, 4.69) is 51.8 Å². The van der Waals surface area contributed by atoms with Gasteiger partial charge in [0.2, 0.25) is 0 Å². The van der Waals surface area contributed by atoms with Crippen LogP contribution < -0.4 is 5.69 Å². The Morgan fingerprint density at radius 2 is 1.71 bits per heavy atom. The zero-order chi connectivity index (χ0) is 19.1. The van der Waals surface area contributed by atoms with E-state index in [9.17, 15) is 4.79 Å². The summed E-state index contributed by atoms with van der Waals surface area (Å²) in [5.41, 5.74) is 4.24. The maximum absolute atomic E-state index is 12.6. The number of fused-ring (bicyclic) bond motifs is 2. The third kappa shape index (κ3) is 2.79. The van der Waals surface area contributed by atoms with Crippen LogP contribution in [0.2, 0.25) is 0 Å². The minimum atomic E-state index is -0.132. The van der Waals surface area contributed by atoms with E-state index in [1.54, 1.807) is 0 Å². The topological polar surface area (TPSA) is 56.8 Å². The lowest BCUT2D eigenvalue weighted by Crippen LogP contribution is -2.40. The number of nitrogens with one attached hydrogen (secondary N) is 2. The van der Waals surface area contributed by atoms with E-state index >= 15 is 0 Å². The molecule has 0 radical (unpaired) electrons. The molecule has 0 bridgehead atoms. The first-order valence-electron chi connectivity index (χ1n) is 9.88. The Kier molecular flexibility index (Phi) is 4.17. The average Bonchev–Trinajstić information content (AvgIpc) is 3.30. The molecule has 0 spiro atoms. The van der Waals surface area contributed by atoms with Crippen molar-refractivity contribution in [2.75, 3.05) is 13.1 Å². The van der Waals surface area contributed by atoms with Crippen molar-refractivity contribution >= 4 is 21.9 Å². The van der Waals surface area contributed by atoms with Crippen LogP contribution in [0, 0.1) is 0 Å². The van der Waals surface area contributed by atoms with Gasteiger partial charge in [0, 0.05) is 30.2 Å². The lowest BCUT2D eigenvalue weighted by atomic mass is 9.93. The fourth-order valence-electron chi connectivity index (χ4n) is 4.55. The molecule has 5 nitrogen and oxygen atoms in total. The molecule has 4 aromatic rings. The molecule has 3 heterocycles. The van der Waals surface area contributed by atoms with Crippen LogP contribution in [-0.4, -0.2) is 32.5 Å². The summed E-state index contributed by atoms with van der Waals surface area (Å²) in [7, 11) is 0. The maximum Gasteiger partial charge on any atom is 0.328 e. The highest BCUT2D eigenvalue weighted by atomic mass is 16.1. The van der Waals surface area contributed by atoms with Crippen molar-refractivity contribution < 1.29 is 0 Å². The molecule has 1 unspecified atom stereocenters. The van der Waals surface area contributed by atoms with E-state index in [0.717, 1.165) is 37.0 Å². The minimum Gasteiger partial charge on any atom is -0.358 e. The molecular weight excluding hydrogens is 348 g/mol. The molecule has 2 aromatic carbocycles. The number of nitrogens with zero attached hydrogens (tertiary/aromatic N) is 2. The highest BCUT2D eigenvalue weighted by Gasteiger charge is 2.27. The van der Waals surface area contributed by atoms with Gasteiger partial charge in [-0.15, -0.1) is 0 Å². The average molecular weight is 372 g/mol. The van der Waals surface area contributed by atoms with Crippen LogP contribution in [0.15, 0.2) is 72.0 Å². The number of rotatable bonds is 4. The fraction of sp³-hybridized carbons (Fsp3) is 0.261. The van der Waals surface area contributed by atoms with E-state index in [-0.39, 0.29) is 11.9 Å². The fourth-order valence-corrected chi connectivity index (χ4v) is 4.55. The van der Waals surface area contributed by atoms with Crippen molar-refractivity contribution in [2.24, 2.45) is 0 Å². The van der Waals surface area contributed by atoms with Crippen LogP contribution in [0.4, 0.5) is 0 Å². The Morgan fingerprint density at radius 3 is 2.46 bits per heavy atom. The molecule has 1 aliphatic heterocycles. The second-order valence-corrected chi connectivity index (χ2v) is 7.59. The molecule has 2 aromatic heterocycles. The maximum atomic E-state index is 12.6. The van der Waals surface area contributed by atoms with Crippen molar-refractivity contribution in [3.05, 3.63) is 83.4 Å². The van der Waals surface area contributed by atoms with Crippen LogP contribution in [0.3, 0.4) is 0 Å². The van der Waals surface area contributed by atoms with E-state index < -0.39 is 0 Å². The van der Waals surface area contributed by atoms with Crippen molar-refractivity contribution in [3.8, 4) is 0 Å². The SMILES string of the molecule is C=CC(N1CCC(c2cc3ccccc3[nH]2)CC1)n1c(=O)[nH]c2ccccc21. The molecule has 1 atom stereocenters. The monoisotopic (exact) mass is 372 g/mol. The normalized spacial score (nSPS) is 17.3. The molecule has 1 fully saturated rings. The predicted octanol–water partition coefficient (Wildman–Crippen LogP) is 4.38. The van der Waals surface area contributed by atoms with Gasteiger partial charge in [0.1, 0.15) is 6.17 Å². The predicted molar refractivity (Wildman–Crippen MR) is 114 cm³/mol. The summed E-state index contributed by atoms with van der Waals surface area (Å²) in [6, 6.07) is 18.6. The number of imidazole rings is 1. The highest BCUT2D eigenvalue weighted by Crippen LogP contribution is 2.32. The van der Waals surface area contributed by atoms with E-state index in [1.165, 1.54) is 16.6 Å². The van der Waals surface area contributed by atoms with Crippen molar-refractivity contribution in [3.63, 3.8) is 0 Å². The summed E-state index contributed by atoms with van der Waals surface area (Å²) in [4.78, 5) is 21.5. The van der Waals surface area contributed by atoms with Crippen LogP contribution in [0.25, 0.3) is 21.9 Å². The van der Waals surface area contributed by atoms with Gasteiger partial charge in [-0.1, -0.05) is 43.0 Å². The molecule has 0 amide bonds. The van der Waals surface area contributed by atoms with Gasteiger partial charge in [0.25, 0.3) is 0 Å². The molecule has 28 heavy (non-hydrogen) atoms. The van der Waals surface area contributed by atoms with E-state index in [4.69, 9.17) is 0 Å². The summed E-state index contributed by atoms with van der Waals surface area (Å²) in [6.45, 7) is 5.89. The smallest absolute Gasteiger partial charge is 0.328 e. The number of hydrogen-bond acceptors (Lipinski definition) is 2. The summed E-state index contributed by atoms with van der Waals surface area (Å²) >= 11 is 0. The summed E-state index contributed by atoms with van der Waals surface area (Å²) in [5, 5.41) is 1.27. The minimum absolute atomic E-state index is 0.0798. The Balaban J connectivity index is 1.38. The van der Waals surface area contributed by atoms with Crippen LogP contribution in [0.5, 0.6) is 0 Å². The number of aromatic nitrogens is 3. The van der Waals surface area contributed by atoms with Crippen LogP contribution in [-0.2, 0) is 0 Å². The number of piperidine rings is 1. The number of aromatic amines is 2. The third-order valence-electron chi connectivity index (χ3n) is 5.99. The second-order valence-electron chi connectivity index (χ2n) is 7.59. The van der Waals surface area contributed by atoms with Crippen molar-refractivity contribution in [2.45, 2.75) is 24.9 Å². The van der Waals surface area contributed by atoms with Gasteiger partial charge < -0.3 is 9.97 Å². The molecule has 5 rings (SSSR count). The molecule has 142 valence electrons. The number of benzene rings is 2. The Hall–Kier alpha value is -3.05. The van der Waals surface area contributed by atoms with Gasteiger partial charge in [-0.25, -0.2) is 4.79 Å². The van der Waals surface area contributed by atoms with Gasteiger partial charge in [0.05, 0.1) is 11.0 Å². The first-order chi connectivity index (χ1) is 13.7. The third-order valence-corrected chi connectivity index (χ3v) is 5.99. The van der Waals surface area contributed by atoms with Gasteiger partial charge in [-0.2, -0.15) is 0 Å². The first-order valence-corrected chi connectivity index (χ1v) is 9.88. The van der Waals surface area contributed by atoms with Gasteiger partial charge in [0.15, 0.2) is 0 Å². The highest BCUT2D eigenvalue weighted by molar-refractivity contribution is 5.80. The van der Waals surface area contributed by atoms with Crippen LogP contribution in [0.1, 0.15) is 30.6 Å². The first kappa shape index (κ1) is 17.1. The summed E-state index contributed by atoms with van der Waals surface area (Å²) in [5.74, 6) is 0.522. The zero-order valence-electron chi connectivity index (χ0n) is 15.8. The molecule has 5 heteroatoms. The molecule has 1 aliphatic rings. The van der Waals surface area contributed by atoms with Crippen molar-refractivity contribution in [1.82, 2.24) is 19.4 Å². The zero-order valence-corrected chi connectivity index (χ0v) is 15.8. The largest absolute Gasteiger partial charge is 0.358 e. The van der Waals surface area contributed by atoms with E-state index in [1.807, 2.05) is 34.9 Å². The number of H-pyrrole nitrogens is 2. The van der Waals surface area contributed by atoms with E-state index in [0.29, 0.717) is 5.92 Å².